The SMILES string of the molecule is CC1=C(C(=O)O)C(c2ccccc2[N+](=O)[O-])C(C(=O)OCC(C)C)=C(C)N1. The number of esters is 1. The molecule has 2 rings (SSSR count). The smallest absolute Gasteiger partial charge is 0.336 e. The Labute approximate surface area is 156 Å². The number of nitro benzene ring substituents is 1. The molecule has 8 heteroatoms. The molecule has 1 heterocycles. The lowest BCUT2D eigenvalue weighted by Crippen LogP contribution is -2.32. The molecule has 0 aliphatic carbocycles. The van der Waals surface area contributed by atoms with Crippen molar-refractivity contribution in [3.63, 3.8) is 0 Å². The van der Waals surface area contributed by atoms with Crippen molar-refractivity contribution < 1.29 is 24.4 Å². The lowest BCUT2D eigenvalue weighted by molar-refractivity contribution is -0.385. The molecule has 0 fully saturated rings. The molecule has 144 valence electrons. The maximum atomic E-state index is 12.7. The third-order valence-corrected chi connectivity index (χ3v) is 4.20. The second-order valence-corrected chi connectivity index (χ2v) is 6.75. The summed E-state index contributed by atoms with van der Waals surface area (Å²) in [6.45, 7) is 7.09. The molecule has 0 amide bonds. The summed E-state index contributed by atoms with van der Waals surface area (Å²) in [4.78, 5) is 35.6. The maximum Gasteiger partial charge on any atom is 0.336 e. The van der Waals surface area contributed by atoms with Crippen molar-refractivity contribution >= 4 is 17.6 Å². The Kier molecular flexibility index (Phi) is 5.99. The first-order chi connectivity index (χ1) is 12.6. The lowest BCUT2D eigenvalue weighted by Gasteiger charge is -2.29. The first-order valence-electron chi connectivity index (χ1n) is 8.47. The number of ether oxygens (including phenoxy) is 1. The number of rotatable bonds is 6. The molecule has 0 spiro atoms. The van der Waals surface area contributed by atoms with Crippen LogP contribution in [0.4, 0.5) is 5.69 Å². The number of carbonyl (C=O) groups excluding carboxylic acids is 1. The number of benzene rings is 1. The van der Waals surface area contributed by atoms with Crippen LogP contribution in [0.25, 0.3) is 0 Å². The van der Waals surface area contributed by atoms with Gasteiger partial charge in [-0.2, -0.15) is 0 Å². The van der Waals surface area contributed by atoms with Gasteiger partial charge < -0.3 is 15.2 Å². The topological polar surface area (TPSA) is 119 Å². The highest BCUT2D eigenvalue weighted by Crippen LogP contribution is 2.42. The van der Waals surface area contributed by atoms with Crippen molar-refractivity contribution in [3.05, 3.63) is 62.5 Å². The summed E-state index contributed by atoms with van der Waals surface area (Å²) >= 11 is 0. The van der Waals surface area contributed by atoms with Crippen LogP contribution in [0.15, 0.2) is 46.8 Å². The summed E-state index contributed by atoms with van der Waals surface area (Å²) in [5.74, 6) is -2.97. The van der Waals surface area contributed by atoms with Crippen LogP contribution in [0.1, 0.15) is 39.2 Å². The number of allylic oxidation sites excluding steroid dienone is 2. The van der Waals surface area contributed by atoms with Crippen LogP contribution in [0, 0.1) is 16.0 Å². The zero-order valence-electron chi connectivity index (χ0n) is 15.6. The second kappa shape index (κ2) is 8.03. The monoisotopic (exact) mass is 374 g/mol. The molecule has 1 aliphatic rings. The number of carbonyl (C=O) groups is 2. The van der Waals surface area contributed by atoms with E-state index in [4.69, 9.17) is 4.74 Å². The van der Waals surface area contributed by atoms with Gasteiger partial charge >= 0.3 is 11.9 Å². The van der Waals surface area contributed by atoms with Gasteiger partial charge in [-0.1, -0.05) is 32.0 Å². The van der Waals surface area contributed by atoms with Crippen molar-refractivity contribution in [1.29, 1.82) is 0 Å². The van der Waals surface area contributed by atoms with Crippen LogP contribution in [0.2, 0.25) is 0 Å². The number of hydrogen-bond donors (Lipinski definition) is 2. The van der Waals surface area contributed by atoms with E-state index in [9.17, 15) is 24.8 Å². The van der Waals surface area contributed by atoms with E-state index in [1.807, 2.05) is 13.8 Å². The summed E-state index contributed by atoms with van der Waals surface area (Å²) in [6.07, 6.45) is 0. The zero-order chi connectivity index (χ0) is 20.3. The van der Waals surface area contributed by atoms with Gasteiger partial charge in [0.2, 0.25) is 0 Å². The molecular formula is C19H22N2O6. The van der Waals surface area contributed by atoms with Crippen LogP contribution in [-0.4, -0.2) is 28.6 Å². The molecule has 0 radical (unpaired) electrons. The Hall–Kier alpha value is -3.16. The van der Waals surface area contributed by atoms with Gasteiger partial charge in [0.1, 0.15) is 0 Å². The largest absolute Gasteiger partial charge is 0.478 e. The molecule has 0 aromatic heterocycles. The van der Waals surface area contributed by atoms with Crippen LogP contribution in [0.3, 0.4) is 0 Å². The van der Waals surface area contributed by atoms with Gasteiger partial charge in [-0.3, -0.25) is 10.1 Å². The summed E-state index contributed by atoms with van der Waals surface area (Å²) in [5.41, 5.74) is 0.562. The number of nitrogens with one attached hydrogen (secondary N) is 1. The highest BCUT2D eigenvalue weighted by Gasteiger charge is 2.40. The molecule has 0 saturated heterocycles. The van der Waals surface area contributed by atoms with E-state index in [-0.39, 0.29) is 34.9 Å². The maximum absolute atomic E-state index is 12.7. The van der Waals surface area contributed by atoms with Gasteiger partial charge in [0.25, 0.3) is 5.69 Å². The number of nitrogens with zero attached hydrogens (tertiary/aromatic N) is 1. The van der Waals surface area contributed by atoms with E-state index in [0.29, 0.717) is 11.4 Å². The summed E-state index contributed by atoms with van der Waals surface area (Å²) in [7, 11) is 0. The van der Waals surface area contributed by atoms with Gasteiger partial charge in [-0.25, -0.2) is 9.59 Å². The summed E-state index contributed by atoms with van der Waals surface area (Å²) < 4.78 is 5.31. The standard InChI is InChI=1S/C19H22N2O6/c1-10(2)9-27-19(24)16-12(4)20-11(3)15(18(22)23)17(16)13-7-5-6-8-14(13)21(25)26/h5-8,10,17,20H,9H2,1-4H3,(H,22,23). The molecular weight excluding hydrogens is 352 g/mol. The quantitative estimate of drug-likeness (QED) is 0.446. The third-order valence-electron chi connectivity index (χ3n) is 4.20. The number of carboxylic acids is 1. The van der Waals surface area contributed by atoms with Crippen LogP contribution < -0.4 is 5.32 Å². The lowest BCUT2D eigenvalue weighted by atomic mass is 9.79. The van der Waals surface area contributed by atoms with Crippen molar-refractivity contribution in [2.24, 2.45) is 5.92 Å². The Balaban J connectivity index is 2.67. The van der Waals surface area contributed by atoms with E-state index in [1.54, 1.807) is 19.9 Å². The number of para-hydroxylation sites is 1. The minimum Gasteiger partial charge on any atom is -0.478 e. The van der Waals surface area contributed by atoms with E-state index >= 15 is 0 Å². The van der Waals surface area contributed by atoms with Crippen molar-refractivity contribution in [2.45, 2.75) is 33.6 Å². The molecule has 1 unspecified atom stereocenters. The molecule has 1 atom stereocenters. The first-order valence-corrected chi connectivity index (χ1v) is 8.47. The first kappa shape index (κ1) is 20.2. The van der Waals surface area contributed by atoms with E-state index in [1.165, 1.54) is 18.2 Å². The Morgan fingerprint density at radius 2 is 1.81 bits per heavy atom. The van der Waals surface area contributed by atoms with Gasteiger partial charge in [0, 0.05) is 23.0 Å². The van der Waals surface area contributed by atoms with Crippen LogP contribution in [0.5, 0.6) is 0 Å². The van der Waals surface area contributed by atoms with E-state index < -0.39 is 22.8 Å². The van der Waals surface area contributed by atoms with Gasteiger partial charge in [0.15, 0.2) is 0 Å². The molecule has 1 aliphatic heterocycles. The Morgan fingerprint density at radius 1 is 1.22 bits per heavy atom. The predicted octanol–water partition coefficient (Wildman–Crippen LogP) is 3.11. The fourth-order valence-corrected chi connectivity index (χ4v) is 3.08. The highest BCUT2D eigenvalue weighted by molar-refractivity contribution is 5.99. The fourth-order valence-electron chi connectivity index (χ4n) is 3.08. The summed E-state index contributed by atoms with van der Waals surface area (Å²) in [5, 5.41) is 24.1. The highest BCUT2D eigenvalue weighted by atomic mass is 16.6. The number of hydrogen-bond acceptors (Lipinski definition) is 6. The van der Waals surface area contributed by atoms with Crippen LogP contribution in [-0.2, 0) is 14.3 Å². The number of dihydropyridines is 1. The number of nitro groups is 1. The Morgan fingerprint density at radius 3 is 2.37 bits per heavy atom. The minimum absolute atomic E-state index is 0.0629. The molecule has 1 aromatic carbocycles. The number of aliphatic carboxylic acids is 1. The number of carboxylic acid groups (broad SMARTS) is 1. The zero-order valence-corrected chi connectivity index (χ0v) is 15.6. The van der Waals surface area contributed by atoms with Crippen molar-refractivity contribution in [3.8, 4) is 0 Å². The average Bonchev–Trinajstić information content (AvgIpc) is 2.58. The normalized spacial score (nSPS) is 17.0. The Bertz CT molecular complexity index is 854. The minimum atomic E-state index is -1.26. The molecule has 2 N–H and O–H groups in total. The van der Waals surface area contributed by atoms with E-state index in [0.717, 1.165) is 0 Å². The molecule has 8 nitrogen and oxygen atoms in total. The average molecular weight is 374 g/mol. The van der Waals surface area contributed by atoms with Gasteiger partial charge in [0.05, 0.1) is 28.6 Å². The molecule has 0 saturated carbocycles. The van der Waals surface area contributed by atoms with Crippen molar-refractivity contribution in [2.75, 3.05) is 6.61 Å². The molecule has 1 aromatic rings. The molecule has 27 heavy (non-hydrogen) atoms. The van der Waals surface area contributed by atoms with Gasteiger partial charge in [-0.15, -0.1) is 0 Å². The molecule has 0 bridgehead atoms. The van der Waals surface area contributed by atoms with Gasteiger partial charge in [-0.05, 0) is 19.8 Å². The van der Waals surface area contributed by atoms with Crippen molar-refractivity contribution in [1.82, 2.24) is 5.32 Å². The summed E-state index contributed by atoms with van der Waals surface area (Å²) in [6, 6.07) is 5.82. The van der Waals surface area contributed by atoms with Crippen LogP contribution >= 0.6 is 0 Å². The second-order valence-electron chi connectivity index (χ2n) is 6.75. The van der Waals surface area contributed by atoms with E-state index in [2.05, 4.69) is 5.32 Å². The third kappa shape index (κ3) is 4.16. The fraction of sp³-hybridized carbons (Fsp3) is 0.368. The predicted molar refractivity (Wildman–Crippen MR) is 97.8 cm³/mol.